The van der Waals surface area contributed by atoms with E-state index in [4.69, 9.17) is 14.2 Å². The summed E-state index contributed by atoms with van der Waals surface area (Å²) >= 11 is 0. The number of allylic oxidation sites excluding steroid dienone is 10. The van der Waals surface area contributed by atoms with Gasteiger partial charge >= 0.3 is 17.9 Å². The molecule has 1 atom stereocenters. The summed E-state index contributed by atoms with van der Waals surface area (Å²) < 4.78 is 16.7. The maximum atomic E-state index is 12.7. The van der Waals surface area contributed by atoms with E-state index in [0.29, 0.717) is 19.3 Å². The summed E-state index contributed by atoms with van der Waals surface area (Å²) in [5.74, 6) is -0.922. The SMILES string of the molecule is CC/C=C\C/C=C\C/C=C\C/C=C\CCCCCCC(=O)OC(COC(=O)CCCCCCCC)COC(=O)CCCCCCCCC/C=C\CCCCCCCCC. The van der Waals surface area contributed by atoms with Gasteiger partial charge < -0.3 is 14.2 Å². The van der Waals surface area contributed by atoms with Gasteiger partial charge in [-0.3, -0.25) is 14.4 Å². The Balaban J connectivity index is 4.27. The van der Waals surface area contributed by atoms with E-state index in [2.05, 4.69) is 81.5 Å². The van der Waals surface area contributed by atoms with Crippen LogP contribution in [0.4, 0.5) is 0 Å². The highest BCUT2D eigenvalue weighted by Crippen LogP contribution is 2.14. The summed E-state index contributed by atoms with van der Waals surface area (Å²) in [5.41, 5.74) is 0. The van der Waals surface area contributed by atoms with Gasteiger partial charge in [-0.05, 0) is 83.5 Å². The minimum atomic E-state index is -0.784. The normalized spacial score (nSPS) is 12.5. The van der Waals surface area contributed by atoms with Crippen molar-refractivity contribution >= 4 is 17.9 Å². The fourth-order valence-electron chi connectivity index (χ4n) is 6.78. The second-order valence-electron chi connectivity index (χ2n) is 16.3. The standard InChI is InChI=1S/C53H92O6/c1-4-7-10-13-16-18-20-22-24-26-28-29-31-33-35-37-40-43-46-52(55)58-49-50(48-57-51(54)45-42-39-15-12-9-6-3)59-53(56)47-44-41-38-36-34-32-30-27-25-23-21-19-17-14-11-8-5-2/h8,11,17,19,23-26,30,32,50H,4-7,9-10,12-16,18,20-22,27-29,31,33-49H2,1-3H3/b11-8-,19-17-,25-23-,26-24-,32-30-. The van der Waals surface area contributed by atoms with Crippen LogP contribution in [0.5, 0.6) is 0 Å². The van der Waals surface area contributed by atoms with Crippen LogP contribution in [0.3, 0.4) is 0 Å². The first-order chi connectivity index (χ1) is 29.0. The first kappa shape index (κ1) is 56.1. The van der Waals surface area contributed by atoms with Crippen LogP contribution in [0.25, 0.3) is 0 Å². The third-order valence-electron chi connectivity index (χ3n) is 10.5. The van der Waals surface area contributed by atoms with Gasteiger partial charge in [0.2, 0.25) is 0 Å². The molecule has 0 saturated heterocycles. The van der Waals surface area contributed by atoms with Crippen LogP contribution in [-0.4, -0.2) is 37.2 Å². The van der Waals surface area contributed by atoms with Gasteiger partial charge in [-0.1, -0.05) is 197 Å². The van der Waals surface area contributed by atoms with Crippen LogP contribution in [0.2, 0.25) is 0 Å². The smallest absolute Gasteiger partial charge is 0.306 e. The average molecular weight is 825 g/mol. The van der Waals surface area contributed by atoms with Gasteiger partial charge in [0.1, 0.15) is 13.2 Å². The molecule has 1 unspecified atom stereocenters. The van der Waals surface area contributed by atoms with Crippen molar-refractivity contribution in [3.63, 3.8) is 0 Å². The number of rotatable bonds is 44. The van der Waals surface area contributed by atoms with E-state index in [1.807, 2.05) is 0 Å². The van der Waals surface area contributed by atoms with Crippen LogP contribution in [0.15, 0.2) is 60.8 Å². The molecule has 0 aliphatic heterocycles. The molecule has 0 aliphatic rings. The van der Waals surface area contributed by atoms with Gasteiger partial charge in [0, 0.05) is 19.3 Å². The van der Waals surface area contributed by atoms with Crippen molar-refractivity contribution in [1.82, 2.24) is 0 Å². The topological polar surface area (TPSA) is 78.9 Å². The van der Waals surface area contributed by atoms with E-state index in [1.165, 1.54) is 103 Å². The van der Waals surface area contributed by atoms with Crippen molar-refractivity contribution in [1.29, 1.82) is 0 Å². The Labute approximate surface area is 364 Å². The molecule has 6 heteroatoms. The molecule has 0 radical (unpaired) electrons. The molecule has 0 amide bonds. The van der Waals surface area contributed by atoms with Gasteiger partial charge in [0.15, 0.2) is 6.10 Å². The van der Waals surface area contributed by atoms with Gasteiger partial charge in [-0.2, -0.15) is 0 Å². The lowest BCUT2D eigenvalue weighted by Crippen LogP contribution is -2.30. The summed E-state index contributed by atoms with van der Waals surface area (Å²) in [5, 5.41) is 0. The number of hydrogen-bond acceptors (Lipinski definition) is 6. The quantitative estimate of drug-likeness (QED) is 0.0263. The summed E-state index contributed by atoms with van der Waals surface area (Å²) in [4.78, 5) is 37.7. The van der Waals surface area contributed by atoms with Crippen LogP contribution in [-0.2, 0) is 28.6 Å². The van der Waals surface area contributed by atoms with Gasteiger partial charge in [0.25, 0.3) is 0 Å². The van der Waals surface area contributed by atoms with Crippen molar-refractivity contribution < 1.29 is 28.6 Å². The highest BCUT2D eigenvalue weighted by Gasteiger charge is 2.19. The predicted octanol–water partition coefficient (Wildman–Crippen LogP) is 16.1. The Morgan fingerprint density at radius 3 is 1.05 bits per heavy atom. The highest BCUT2D eigenvalue weighted by atomic mass is 16.6. The summed E-state index contributed by atoms with van der Waals surface area (Å²) in [6.45, 7) is 6.44. The first-order valence-electron chi connectivity index (χ1n) is 24.8. The zero-order chi connectivity index (χ0) is 43.0. The minimum absolute atomic E-state index is 0.0858. The fourth-order valence-corrected chi connectivity index (χ4v) is 6.78. The molecule has 0 aromatic carbocycles. The lowest BCUT2D eigenvalue weighted by molar-refractivity contribution is -0.167. The largest absolute Gasteiger partial charge is 0.462 e. The Bertz CT molecular complexity index is 1090. The molecular formula is C53H92O6. The zero-order valence-corrected chi connectivity index (χ0v) is 38.8. The molecule has 0 fully saturated rings. The Hall–Kier alpha value is -2.89. The molecule has 6 nitrogen and oxygen atoms in total. The molecule has 0 heterocycles. The molecule has 0 aliphatic carbocycles. The molecule has 0 aromatic rings. The molecule has 59 heavy (non-hydrogen) atoms. The van der Waals surface area contributed by atoms with E-state index in [-0.39, 0.29) is 31.1 Å². The van der Waals surface area contributed by atoms with E-state index >= 15 is 0 Å². The maximum Gasteiger partial charge on any atom is 0.306 e. The number of hydrogen-bond donors (Lipinski definition) is 0. The Morgan fingerprint density at radius 2 is 0.661 bits per heavy atom. The van der Waals surface area contributed by atoms with Gasteiger partial charge in [-0.25, -0.2) is 0 Å². The van der Waals surface area contributed by atoms with Crippen molar-refractivity contribution in [3.8, 4) is 0 Å². The second-order valence-corrected chi connectivity index (χ2v) is 16.3. The van der Waals surface area contributed by atoms with Crippen molar-refractivity contribution in [2.75, 3.05) is 13.2 Å². The van der Waals surface area contributed by atoms with Crippen LogP contribution in [0, 0.1) is 0 Å². The molecule has 0 bridgehead atoms. The maximum absolute atomic E-state index is 12.7. The van der Waals surface area contributed by atoms with Crippen molar-refractivity contribution in [3.05, 3.63) is 60.8 Å². The number of esters is 3. The third kappa shape index (κ3) is 46.0. The number of ether oxygens (including phenoxy) is 3. The van der Waals surface area contributed by atoms with Crippen molar-refractivity contribution in [2.45, 2.75) is 245 Å². The Morgan fingerprint density at radius 1 is 0.356 bits per heavy atom. The predicted molar refractivity (Wildman–Crippen MR) is 251 cm³/mol. The van der Waals surface area contributed by atoms with Crippen LogP contribution >= 0.6 is 0 Å². The second kappa shape index (κ2) is 47.8. The minimum Gasteiger partial charge on any atom is -0.462 e. The van der Waals surface area contributed by atoms with Crippen molar-refractivity contribution in [2.24, 2.45) is 0 Å². The molecule has 0 N–H and O–H groups in total. The summed E-state index contributed by atoms with van der Waals surface area (Å²) in [6, 6.07) is 0. The number of carbonyl (C=O) groups is 3. The molecular weight excluding hydrogens is 733 g/mol. The summed E-state index contributed by atoms with van der Waals surface area (Å²) in [7, 11) is 0. The van der Waals surface area contributed by atoms with Crippen LogP contribution in [0.1, 0.15) is 239 Å². The fraction of sp³-hybridized carbons (Fsp3) is 0.755. The third-order valence-corrected chi connectivity index (χ3v) is 10.5. The Kier molecular flexibility index (Phi) is 45.4. The summed E-state index contributed by atoms with van der Waals surface area (Å²) in [6.07, 6.45) is 58.0. The lowest BCUT2D eigenvalue weighted by Gasteiger charge is -2.18. The van der Waals surface area contributed by atoms with Gasteiger partial charge in [-0.15, -0.1) is 0 Å². The number of carbonyl (C=O) groups excluding carboxylic acids is 3. The zero-order valence-electron chi connectivity index (χ0n) is 38.8. The number of unbranched alkanes of at least 4 members (excludes halogenated alkanes) is 23. The van der Waals surface area contributed by atoms with E-state index < -0.39 is 6.10 Å². The first-order valence-corrected chi connectivity index (χ1v) is 24.8. The van der Waals surface area contributed by atoms with E-state index in [1.54, 1.807) is 0 Å². The molecule has 0 saturated carbocycles. The van der Waals surface area contributed by atoms with E-state index in [0.717, 1.165) is 96.3 Å². The average Bonchev–Trinajstić information content (AvgIpc) is 3.23. The highest BCUT2D eigenvalue weighted by molar-refractivity contribution is 5.71. The lowest BCUT2D eigenvalue weighted by atomic mass is 10.1. The van der Waals surface area contributed by atoms with E-state index in [9.17, 15) is 14.4 Å². The van der Waals surface area contributed by atoms with Gasteiger partial charge in [0.05, 0.1) is 0 Å². The molecule has 0 spiro atoms. The molecule has 340 valence electrons. The molecule has 0 aromatic heterocycles. The monoisotopic (exact) mass is 825 g/mol. The molecule has 0 rings (SSSR count). The van der Waals surface area contributed by atoms with Crippen LogP contribution < -0.4 is 0 Å².